The van der Waals surface area contributed by atoms with Gasteiger partial charge in [-0.3, -0.25) is 4.79 Å². The molecule has 1 saturated heterocycles. The fourth-order valence-corrected chi connectivity index (χ4v) is 5.16. The Kier molecular flexibility index (Phi) is 43.4. The van der Waals surface area contributed by atoms with E-state index in [9.17, 15) is 9.00 Å². The van der Waals surface area contributed by atoms with Crippen molar-refractivity contribution in [1.82, 2.24) is 14.5 Å². The average Bonchev–Trinajstić information content (AvgIpc) is 3.50. The van der Waals surface area contributed by atoms with Crippen molar-refractivity contribution in [2.24, 2.45) is 11.1 Å². The Balaban J connectivity index is -0.000000211. The normalized spacial score (nSPS) is 15.0. The van der Waals surface area contributed by atoms with E-state index in [0.29, 0.717) is 22.1 Å². The largest absolute Gasteiger partial charge is 0.399 e. The smallest absolute Gasteiger partial charge is 0.216 e. The molecule has 2 unspecified atom stereocenters. The fraction of sp³-hybridized carbons (Fsp3) is 0.763. The summed E-state index contributed by atoms with van der Waals surface area (Å²) >= 11 is 0. The van der Waals surface area contributed by atoms with E-state index in [2.05, 4.69) is 48.2 Å². The van der Waals surface area contributed by atoms with Crippen molar-refractivity contribution in [3.63, 3.8) is 0 Å². The summed E-state index contributed by atoms with van der Waals surface area (Å²) in [5.74, 6) is 4.53. The SMILES string of the molecule is C=C(/C(=C\C)N1CCC(C)C1)/C(=N\OC)C(=C)S(=C)(=O)N(C)C.CC.CC.CC.CC.CCCCCCCCCCCNC(C)=O. The zero-order chi connectivity index (χ0) is 37.1. The predicted molar refractivity (Wildman–Crippen MR) is 212 cm³/mol. The van der Waals surface area contributed by atoms with E-state index in [-0.39, 0.29) is 5.91 Å². The zero-order valence-corrected chi connectivity index (χ0v) is 34.3. The van der Waals surface area contributed by atoms with Gasteiger partial charge in [0.1, 0.15) is 12.8 Å². The molecule has 0 saturated carbocycles. The maximum atomic E-state index is 12.8. The number of hydrogen-bond donors (Lipinski definition) is 1. The maximum Gasteiger partial charge on any atom is 0.216 e. The lowest BCUT2D eigenvalue weighted by molar-refractivity contribution is -0.118. The van der Waals surface area contributed by atoms with Crippen LogP contribution in [0.15, 0.2) is 40.6 Å². The van der Waals surface area contributed by atoms with Gasteiger partial charge in [-0.15, -0.1) is 0 Å². The number of rotatable bonds is 17. The van der Waals surface area contributed by atoms with Gasteiger partial charge in [0.2, 0.25) is 5.91 Å². The monoisotopic (exact) mass is 673 g/mol. The quantitative estimate of drug-likeness (QED) is 0.0549. The van der Waals surface area contributed by atoms with Crippen LogP contribution in [-0.4, -0.2) is 71.7 Å². The molecule has 1 amide bonds. The number of allylic oxidation sites excluding steroid dienone is 3. The van der Waals surface area contributed by atoms with Gasteiger partial charge in [-0.1, -0.05) is 145 Å². The molecule has 1 aliphatic rings. The highest BCUT2D eigenvalue weighted by Crippen LogP contribution is 2.27. The van der Waals surface area contributed by atoms with Crippen LogP contribution in [-0.2, 0) is 19.3 Å². The summed E-state index contributed by atoms with van der Waals surface area (Å²) in [7, 11) is 2.16. The number of likely N-dealkylation sites (tertiary alicyclic amines) is 1. The van der Waals surface area contributed by atoms with Crippen molar-refractivity contribution < 1.29 is 13.8 Å². The van der Waals surface area contributed by atoms with Crippen molar-refractivity contribution in [2.45, 2.75) is 147 Å². The number of nitrogens with one attached hydrogen (secondary N) is 1. The van der Waals surface area contributed by atoms with Crippen LogP contribution in [0.4, 0.5) is 0 Å². The lowest BCUT2D eigenvalue weighted by Crippen LogP contribution is -2.30. The third-order valence-corrected chi connectivity index (χ3v) is 8.85. The lowest BCUT2D eigenvalue weighted by Gasteiger charge is -2.26. The van der Waals surface area contributed by atoms with Gasteiger partial charge < -0.3 is 15.1 Å². The first kappa shape index (κ1) is 53.4. The van der Waals surface area contributed by atoms with Gasteiger partial charge in [0.05, 0.1) is 14.6 Å². The van der Waals surface area contributed by atoms with Crippen LogP contribution in [0.1, 0.15) is 147 Å². The Bertz CT molecular complexity index is 894. The summed E-state index contributed by atoms with van der Waals surface area (Å²) < 4.78 is 14.3. The molecule has 1 N–H and O–H groups in total. The Morgan fingerprint density at radius 2 is 1.41 bits per heavy atom. The first-order valence-electron chi connectivity index (χ1n) is 18.1. The molecule has 0 aromatic heterocycles. The molecule has 0 aliphatic carbocycles. The third kappa shape index (κ3) is 26.1. The molecule has 0 spiro atoms. The average molecular weight is 673 g/mol. The molecule has 1 rings (SSSR count). The van der Waals surface area contributed by atoms with E-state index in [0.717, 1.165) is 38.2 Å². The molecule has 7 nitrogen and oxygen atoms in total. The molecule has 8 heteroatoms. The van der Waals surface area contributed by atoms with Gasteiger partial charge in [0.15, 0.2) is 0 Å². The zero-order valence-electron chi connectivity index (χ0n) is 33.4. The molecule has 0 aromatic rings. The van der Waals surface area contributed by atoms with E-state index >= 15 is 0 Å². The van der Waals surface area contributed by atoms with Gasteiger partial charge in [0.25, 0.3) is 0 Å². The number of amides is 1. The van der Waals surface area contributed by atoms with Crippen LogP contribution in [0.25, 0.3) is 0 Å². The first-order valence-corrected chi connectivity index (χ1v) is 19.8. The van der Waals surface area contributed by atoms with E-state index in [1.807, 2.05) is 68.4 Å². The van der Waals surface area contributed by atoms with Gasteiger partial charge in [0, 0.05) is 37.8 Å². The lowest BCUT2D eigenvalue weighted by atomic mass is 10.1. The van der Waals surface area contributed by atoms with E-state index in [1.165, 1.54) is 58.5 Å². The summed E-state index contributed by atoms with van der Waals surface area (Å²) in [6.45, 7) is 34.9. The summed E-state index contributed by atoms with van der Waals surface area (Å²) in [5.41, 5.74) is 2.03. The highest BCUT2D eigenvalue weighted by atomic mass is 32.2. The van der Waals surface area contributed by atoms with Gasteiger partial charge in [-0.05, 0) is 45.6 Å². The summed E-state index contributed by atoms with van der Waals surface area (Å²) in [6.07, 6.45) is 15.1. The second kappa shape index (κ2) is 37.4. The van der Waals surface area contributed by atoms with Crippen LogP contribution in [0.5, 0.6) is 0 Å². The Labute approximate surface area is 289 Å². The van der Waals surface area contributed by atoms with Gasteiger partial charge >= 0.3 is 0 Å². The molecule has 2 atom stereocenters. The standard InChI is InChI=1S/C17H29N3O2S.C13H27NO.4C2H6/c1-9-16(20-11-10-13(2)12-20)14(3)17(18-22-7)15(4)23(8,21)19(5)6;1-3-4-5-6-7-8-9-10-11-12-14-13(2)15;4*1-2/h9,13H,3-4,8,10-12H2,1-2,5-7H3;3-12H2,1-2H3,(H,14,15);4*1-2H3/b16-9+,18-17+;;;;;. The highest BCUT2D eigenvalue weighted by Gasteiger charge is 2.27. The van der Waals surface area contributed by atoms with Crippen molar-refractivity contribution in [2.75, 3.05) is 40.8 Å². The number of nitrogens with zero attached hydrogens (tertiary/aromatic N) is 3. The molecule has 1 heterocycles. The van der Waals surface area contributed by atoms with E-state index in [1.54, 1.807) is 25.3 Å². The highest BCUT2D eigenvalue weighted by molar-refractivity contribution is 8.02. The Morgan fingerprint density at radius 1 is 0.957 bits per heavy atom. The van der Waals surface area contributed by atoms with Crippen LogP contribution in [0.3, 0.4) is 0 Å². The minimum atomic E-state index is -2.70. The molecule has 0 bridgehead atoms. The molecule has 1 aliphatic heterocycles. The van der Waals surface area contributed by atoms with Crippen molar-refractivity contribution in [3.8, 4) is 0 Å². The van der Waals surface area contributed by atoms with Gasteiger partial charge in [-0.2, -0.15) is 0 Å². The summed E-state index contributed by atoms with van der Waals surface area (Å²) in [6, 6.07) is 0. The minimum Gasteiger partial charge on any atom is -0.399 e. The molecule has 0 aromatic carbocycles. The van der Waals surface area contributed by atoms with Crippen molar-refractivity contribution in [3.05, 3.63) is 35.4 Å². The summed E-state index contributed by atoms with van der Waals surface area (Å²) in [4.78, 5) is 18.1. The summed E-state index contributed by atoms with van der Waals surface area (Å²) in [5, 5.41) is 6.86. The molecule has 0 radical (unpaired) electrons. The number of carbonyl (C=O) groups excluding carboxylic acids is 1. The van der Waals surface area contributed by atoms with Crippen LogP contribution < -0.4 is 5.32 Å². The van der Waals surface area contributed by atoms with E-state index < -0.39 is 9.71 Å². The van der Waals surface area contributed by atoms with Crippen LogP contribution in [0.2, 0.25) is 0 Å². The fourth-order valence-electron chi connectivity index (χ4n) is 4.26. The second-order valence-electron chi connectivity index (χ2n) is 10.3. The topological polar surface area (TPSA) is 74.2 Å². The van der Waals surface area contributed by atoms with Crippen molar-refractivity contribution >= 4 is 27.2 Å². The maximum absolute atomic E-state index is 12.8. The predicted octanol–water partition coefficient (Wildman–Crippen LogP) is 10.3. The van der Waals surface area contributed by atoms with Crippen LogP contribution in [0, 0.1) is 5.92 Å². The third-order valence-electron chi connectivity index (χ3n) is 6.71. The number of unbranched alkanes of at least 4 members (excludes halogenated alkanes) is 8. The number of carbonyl (C=O) groups is 1. The molecule has 1 fully saturated rings. The molecule has 276 valence electrons. The van der Waals surface area contributed by atoms with Crippen LogP contribution >= 0.6 is 0 Å². The number of hydrogen-bond acceptors (Lipinski definition) is 5. The van der Waals surface area contributed by atoms with E-state index in [4.69, 9.17) is 4.84 Å². The first-order chi connectivity index (χ1) is 21.9. The second-order valence-corrected chi connectivity index (χ2v) is 12.8. The number of oxime groups is 1. The molecular formula is C38H80N4O3S. The molecule has 46 heavy (non-hydrogen) atoms. The van der Waals surface area contributed by atoms with Crippen molar-refractivity contribution in [1.29, 1.82) is 0 Å². The Hall–Kier alpha value is -2.06. The molecular weight excluding hydrogens is 593 g/mol. The van der Waals surface area contributed by atoms with Gasteiger partial charge in [-0.25, -0.2) is 8.51 Å². The minimum absolute atomic E-state index is 0.0922. The Morgan fingerprint density at radius 3 is 1.76 bits per heavy atom.